The molecule has 0 aliphatic heterocycles. The Hall–Kier alpha value is -1.77. The van der Waals surface area contributed by atoms with Crippen molar-refractivity contribution in [2.24, 2.45) is 5.41 Å². The van der Waals surface area contributed by atoms with Crippen molar-refractivity contribution in [3.8, 4) is 5.75 Å². The molecule has 0 bridgehead atoms. The number of benzene rings is 1. The van der Waals surface area contributed by atoms with Crippen LogP contribution >= 0.6 is 0 Å². The monoisotopic (exact) mass is 230 g/mol. The minimum absolute atomic E-state index is 0.195. The molecule has 0 saturated heterocycles. The molecule has 0 spiro atoms. The van der Waals surface area contributed by atoms with Crippen LogP contribution in [0, 0.1) is 5.41 Å². The minimum atomic E-state index is 0.195. The van der Waals surface area contributed by atoms with Crippen LogP contribution in [-0.2, 0) is 0 Å². The molecule has 3 nitrogen and oxygen atoms in total. The second-order valence-corrected chi connectivity index (χ2v) is 5.48. The first kappa shape index (κ1) is 11.7. The van der Waals surface area contributed by atoms with Gasteiger partial charge in [-0.15, -0.1) is 0 Å². The lowest BCUT2D eigenvalue weighted by molar-refractivity contribution is 0.442. The summed E-state index contributed by atoms with van der Waals surface area (Å²) >= 11 is 0. The first-order chi connectivity index (χ1) is 7.96. The van der Waals surface area contributed by atoms with Gasteiger partial charge < -0.3 is 10.4 Å². The summed E-state index contributed by atoms with van der Waals surface area (Å²) in [6.45, 7) is 7.35. The highest BCUT2D eigenvalue weighted by Crippen LogP contribution is 2.26. The minimum Gasteiger partial charge on any atom is -0.508 e. The van der Waals surface area contributed by atoms with Crippen molar-refractivity contribution in [1.82, 2.24) is 4.98 Å². The molecule has 1 aromatic carbocycles. The molecule has 0 aliphatic carbocycles. The van der Waals surface area contributed by atoms with Crippen LogP contribution in [0.2, 0.25) is 0 Å². The number of aromatic nitrogens is 1. The second-order valence-electron chi connectivity index (χ2n) is 5.48. The third kappa shape index (κ3) is 2.87. The maximum absolute atomic E-state index is 9.53. The van der Waals surface area contributed by atoms with E-state index < -0.39 is 0 Å². The van der Waals surface area contributed by atoms with Crippen LogP contribution in [0.3, 0.4) is 0 Å². The van der Waals surface area contributed by atoms with Crippen LogP contribution in [0.4, 0.5) is 5.82 Å². The van der Waals surface area contributed by atoms with Crippen LogP contribution < -0.4 is 5.32 Å². The smallest absolute Gasteiger partial charge is 0.133 e. The fourth-order valence-corrected chi connectivity index (χ4v) is 1.65. The van der Waals surface area contributed by atoms with Crippen molar-refractivity contribution in [3.05, 3.63) is 30.5 Å². The van der Waals surface area contributed by atoms with Gasteiger partial charge in [-0.1, -0.05) is 26.8 Å². The van der Waals surface area contributed by atoms with Gasteiger partial charge in [0.25, 0.3) is 0 Å². The highest BCUT2D eigenvalue weighted by atomic mass is 16.3. The number of pyridine rings is 1. The largest absolute Gasteiger partial charge is 0.508 e. The van der Waals surface area contributed by atoms with Crippen molar-refractivity contribution < 1.29 is 5.11 Å². The van der Waals surface area contributed by atoms with Crippen molar-refractivity contribution in [2.45, 2.75) is 20.8 Å². The van der Waals surface area contributed by atoms with E-state index in [1.54, 1.807) is 18.3 Å². The van der Waals surface area contributed by atoms with E-state index in [1.807, 2.05) is 12.1 Å². The summed E-state index contributed by atoms with van der Waals surface area (Å²) in [6.07, 6.45) is 1.78. The van der Waals surface area contributed by atoms with Crippen molar-refractivity contribution >= 4 is 16.6 Å². The van der Waals surface area contributed by atoms with Gasteiger partial charge in [-0.2, -0.15) is 0 Å². The molecule has 1 aromatic heterocycles. The van der Waals surface area contributed by atoms with Crippen LogP contribution in [0.1, 0.15) is 20.8 Å². The molecule has 0 amide bonds. The zero-order chi connectivity index (χ0) is 12.5. The molecule has 1 heterocycles. The molecule has 90 valence electrons. The number of nitrogens with one attached hydrogen (secondary N) is 1. The highest BCUT2D eigenvalue weighted by Gasteiger charge is 2.11. The average molecular weight is 230 g/mol. The molecule has 3 heteroatoms. The zero-order valence-corrected chi connectivity index (χ0v) is 10.5. The van der Waals surface area contributed by atoms with E-state index in [0.717, 1.165) is 23.1 Å². The van der Waals surface area contributed by atoms with E-state index in [4.69, 9.17) is 0 Å². The van der Waals surface area contributed by atoms with Gasteiger partial charge in [0.05, 0.1) is 0 Å². The number of fused-ring (bicyclic) bond motifs is 1. The van der Waals surface area contributed by atoms with Gasteiger partial charge >= 0.3 is 0 Å². The number of hydrogen-bond acceptors (Lipinski definition) is 3. The second kappa shape index (κ2) is 4.24. The van der Waals surface area contributed by atoms with Crippen molar-refractivity contribution in [1.29, 1.82) is 0 Å². The molecule has 0 unspecified atom stereocenters. The number of phenolic OH excluding ortho intramolecular Hbond substituents is 1. The van der Waals surface area contributed by atoms with Gasteiger partial charge in [0, 0.05) is 18.1 Å². The molecule has 0 radical (unpaired) electrons. The topological polar surface area (TPSA) is 45.2 Å². The lowest BCUT2D eigenvalue weighted by Gasteiger charge is -2.19. The number of anilines is 1. The quantitative estimate of drug-likeness (QED) is 0.831. The summed E-state index contributed by atoms with van der Waals surface area (Å²) in [5.41, 5.74) is 0.195. The van der Waals surface area contributed by atoms with E-state index in [0.29, 0.717) is 0 Å². The molecule has 0 fully saturated rings. The molecule has 0 atom stereocenters. The lowest BCUT2D eigenvalue weighted by atomic mass is 9.97. The third-order valence-corrected chi connectivity index (χ3v) is 2.54. The predicted molar refractivity (Wildman–Crippen MR) is 71.4 cm³/mol. The van der Waals surface area contributed by atoms with Crippen molar-refractivity contribution in [3.63, 3.8) is 0 Å². The Kier molecular flexibility index (Phi) is 2.92. The van der Waals surface area contributed by atoms with Gasteiger partial charge in [0.15, 0.2) is 0 Å². The first-order valence-electron chi connectivity index (χ1n) is 5.77. The SMILES string of the molecule is CC(C)(C)CNc1nccc2ccc(O)cc12. The van der Waals surface area contributed by atoms with Crippen LogP contribution in [-0.4, -0.2) is 16.6 Å². The zero-order valence-electron chi connectivity index (χ0n) is 10.5. The number of phenols is 1. The van der Waals surface area contributed by atoms with E-state index >= 15 is 0 Å². The number of nitrogens with zero attached hydrogens (tertiary/aromatic N) is 1. The number of rotatable bonds is 2. The average Bonchev–Trinajstić information content (AvgIpc) is 2.25. The fourth-order valence-electron chi connectivity index (χ4n) is 1.65. The maximum Gasteiger partial charge on any atom is 0.133 e. The molecule has 2 N–H and O–H groups in total. The maximum atomic E-state index is 9.53. The molecule has 17 heavy (non-hydrogen) atoms. The summed E-state index contributed by atoms with van der Waals surface area (Å²) in [7, 11) is 0. The van der Waals surface area contributed by atoms with Gasteiger partial charge in [-0.05, 0) is 29.0 Å². The standard InChI is InChI=1S/C14H18N2O/c1-14(2,3)9-16-13-12-8-11(17)5-4-10(12)6-7-15-13/h4-8,17H,9H2,1-3H3,(H,15,16). The summed E-state index contributed by atoms with van der Waals surface area (Å²) in [5.74, 6) is 1.10. The Labute approximate surface area is 102 Å². The lowest BCUT2D eigenvalue weighted by Crippen LogP contribution is -2.19. The van der Waals surface area contributed by atoms with Gasteiger partial charge in [-0.25, -0.2) is 4.98 Å². The first-order valence-corrected chi connectivity index (χ1v) is 5.77. The van der Waals surface area contributed by atoms with Crippen LogP contribution in [0.25, 0.3) is 10.8 Å². The summed E-state index contributed by atoms with van der Waals surface area (Å²) in [6, 6.07) is 7.27. The van der Waals surface area contributed by atoms with Gasteiger partial charge in [0.2, 0.25) is 0 Å². The Balaban J connectivity index is 2.36. The van der Waals surface area contributed by atoms with E-state index in [9.17, 15) is 5.11 Å². The van der Waals surface area contributed by atoms with Crippen molar-refractivity contribution in [2.75, 3.05) is 11.9 Å². The highest BCUT2D eigenvalue weighted by molar-refractivity contribution is 5.92. The number of hydrogen-bond donors (Lipinski definition) is 2. The van der Waals surface area contributed by atoms with Crippen LogP contribution in [0.5, 0.6) is 5.75 Å². The Morgan fingerprint density at radius 3 is 2.71 bits per heavy atom. The summed E-state index contributed by atoms with van der Waals surface area (Å²) < 4.78 is 0. The van der Waals surface area contributed by atoms with E-state index in [2.05, 4.69) is 31.1 Å². The van der Waals surface area contributed by atoms with Gasteiger partial charge in [-0.3, -0.25) is 0 Å². The molecular formula is C14H18N2O. The van der Waals surface area contributed by atoms with Gasteiger partial charge in [0.1, 0.15) is 11.6 Å². The fraction of sp³-hybridized carbons (Fsp3) is 0.357. The summed E-state index contributed by atoms with van der Waals surface area (Å²) in [5, 5.41) is 14.9. The van der Waals surface area contributed by atoms with E-state index in [-0.39, 0.29) is 11.2 Å². The molecule has 0 saturated carbocycles. The van der Waals surface area contributed by atoms with E-state index in [1.165, 1.54) is 0 Å². The normalized spacial score (nSPS) is 11.7. The molecule has 2 rings (SSSR count). The molecular weight excluding hydrogens is 212 g/mol. The van der Waals surface area contributed by atoms with Crippen LogP contribution in [0.15, 0.2) is 30.5 Å². The Morgan fingerprint density at radius 1 is 1.24 bits per heavy atom. The predicted octanol–water partition coefficient (Wildman–Crippen LogP) is 3.40. The summed E-state index contributed by atoms with van der Waals surface area (Å²) in [4.78, 5) is 4.33. The third-order valence-electron chi connectivity index (χ3n) is 2.54. The Morgan fingerprint density at radius 2 is 2.00 bits per heavy atom. The Bertz CT molecular complexity index is 529. The number of aromatic hydroxyl groups is 1. The molecule has 2 aromatic rings. The molecule has 0 aliphatic rings.